The van der Waals surface area contributed by atoms with Crippen molar-refractivity contribution in [2.75, 3.05) is 0 Å². The molecule has 0 radical (unpaired) electrons. The number of hydrogen-bond acceptors (Lipinski definition) is 0. The smallest absolute Gasteiger partial charge is 0.123 e. The van der Waals surface area contributed by atoms with E-state index in [0.29, 0.717) is 5.56 Å². The van der Waals surface area contributed by atoms with Crippen LogP contribution >= 0.6 is 15.9 Å². The Morgan fingerprint density at radius 2 is 1.69 bits per heavy atom. The van der Waals surface area contributed by atoms with Gasteiger partial charge in [0.1, 0.15) is 12.5 Å². The van der Waals surface area contributed by atoms with E-state index in [1.54, 1.807) is 18.2 Å². The quantitative estimate of drug-likeness (QED) is 0.747. The van der Waals surface area contributed by atoms with Gasteiger partial charge in [0, 0.05) is 4.47 Å². The van der Waals surface area contributed by atoms with E-state index in [4.69, 9.17) is 0 Å². The van der Waals surface area contributed by atoms with Crippen LogP contribution in [0.4, 0.5) is 8.78 Å². The number of halogens is 3. The molecule has 0 nitrogen and oxygen atoms in total. The summed E-state index contributed by atoms with van der Waals surface area (Å²) in [5.74, 6) is -0.289. The van der Waals surface area contributed by atoms with E-state index in [2.05, 4.69) is 15.9 Å². The van der Waals surface area contributed by atoms with Crippen LogP contribution in [0.15, 0.2) is 46.9 Å². The highest BCUT2D eigenvalue weighted by atomic mass is 79.9. The average molecular weight is 283 g/mol. The van der Waals surface area contributed by atoms with E-state index in [1.807, 2.05) is 12.1 Å². The summed E-state index contributed by atoms with van der Waals surface area (Å²) < 4.78 is 26.4. The van der Waals surface area contributed by atoms with Gasteiger partial charge in [-0.05, 0) is 41.0 Å². The molecule has 0 unspecified atom stereocenters. The first kappa shape index (κ1) is 11.3. The normalized spacial score (nSPS) is 10.4. The number of rotatable bonds is 2. The molecule has 0 aliphatic rings. The maximum absolute atomic E-state index is 12.8. The van der Waals surface area contributed by atoms with Crippen molar-refractivity contribution in [3.8, 4) is 11.1 Å². The van der Waals surface area contributed by atoms with E-state index >= 15 is 0 Å². The summed E-state index contributed by atoms with van der Waals surface area (Å²) >= 11 is 3.29. The van der Waals surface area contributed by atoms with Crippen LogP contribution in [0.2, 0.25) is 0 Å². The van der Waals surface area contributed by atoms with Gasteiger partial charge in [0.15, 0.2) is 0 Å². The Labute approximate surface area is 101 Å². The molecule has 2 aromatic rings. The van der Waals surface area contributed by atoms with Crippen molar-refractivity contribution in [2.45, 2.75) is 6.67 Å². The largest absolute Gasteiger partial charge is 0.246 e. The first-order valence-corrected chi connectivity index (χ1v) is 5.60. The Morgan fingerprint density at radius 3 is 2.31 bits per heavy atom. The third-order valence-corrected chi connectivity index (χ3v) is 2.86. The Kier molecular flexibility index (Phi) is 3.34. The lowest BCUT2D eigenvalue weighted by atomic mass is 10.0. The predicted molar refractivity (Wildman–Crippen MR) is 64.3 cm³/mol. The summed E-state index contributed by atoms with van der Waals surface area (Å²) in [4.78, 5) is 0. The molecular weight excluding hydrogens is 274 g/mol. The highest BCUT2D eigenvalue weighted by Crippen LogP contribution is 2.27. The molecule has 0 fully saturated rings. The van der Waals surface area contributed by atoms with Crippen molar-refractivity contribution in [3.05, 3.63) is 58.3 Å². The number of benzene rings is 2. The lowest BCUT2D eigenvalue weighted by molar-refractivity contribution is 0.486. The molecule has 2 aromatic carbocycles. The second-order valence-electron chi connectivity index (χ2n) is 3.44. The SMILES string of the molecule is FCc1cc(Br)ccc1-c1ccc(F)cc1. The van der Waals surface area contributed by atoms with Gasteiger partial charge in [0.05, 0.1) is 0 Å². The minimum atomic E-state index is -0.536. The molecule has 0 aliphatic heterocycles. The zero-order chi connectivity index (χ0) is 11.5. The van der Waals surface area contributed by atoms with Crippen LogP contribution in [0, 0.1) is 5.82 Å². The Hall–Kier alpha value is -1.22. The lowest BCUT2D eigenvalue weighted by Gasteiger charge is -2.07. The van der Waals surface area contributed by atoms with E-state index in [1.165, 1.54) is 12.1 Å². The fraction of sp³-hybridized carbons (Fsp3) is 0.0769. The summed E-state index contributed by atoms with van der Waals surface area (Å²) in [7, 11) is 0. The molecule has 82 valence electrons. The highest BCUT2D eigenvalue weighted by Gasteiger charge is 2.05. The Bertz CT molecular complexity index is 492. The molecule has 0 spiro atoms. The number of alkyl halides is 1. The van der Waals surface area contributed by atoms with Crippen molar-refractivity contribution >= 4 is 15.9 Å². The van der Waals surface area contributed by atoms with Crippen LogP contribution < -0.4 is 0 Å². The Balaban J connectivity index is 2.51. The van der Waals surface area contributed by atoms with Crippen LogP contribution in [-0.4, -0.2) is 0 Å². The summed E-state index contributed by atoms with van der Waals surface area (Å²) in [6.07, 6.45) is 0. The minimum Gasteiger partial charge on any atom is -0.246 e. The van der Waals surface area contributed by atoms with Crippen LogP contribution in [0.5, 0.6) is 0 Å². The predicted octanol–water partition coefficient (Wildman–Crippen LogP) is 4.72. The van der Waals surface area contributed by atoms with E-state index in [9.17, 15) is 8.78 Å². The van der Waals surface area contributed by atoms with Gasteiger partial charge in [-0.1, -0.05) is 34.1 Å². The fourth-order valence-electron chi connectivity index (χ4n) is 1.58. The third kappa shape index (κ3) is 2.30. The monoisotopic (exact) mass is 282 g/mol. The van der Waals surface area contributed by atoms with Crippen molar-refractivity contribution in [3.63, 3.8) is 0 Å². The summed E-state index contributed by atoms with van der Waals surface area (Å²) in [6.45, 7) is -0.536. The summed E-state index contributed by atoms with van der Waals surface area (Å²) in [5, 5.41) is 0. The fourth-order valence-corrected chi connectivity index (χ4v) is 1.99. The van der Waals surface area contributed by atoms with Crippen LogP contribution in [0.1, 0.15) is 5.56 Å². The molecule has 3 heteroatoms. The summed E-state index contributed by atoms with van der Waals surface area (Å²) in [5.41, 5.74) is 2.22. The molecule has 0 N–H and O–H groups in total. The minimum absolute atomic E-state index is 0.289. The molecule has 0 saturated carbocycles. The van der Waals surface area contributed by atoms with Crippen LogP contribution in [0.3, 0.4) is 0 Å². The maximum Gasteiger partial charge on any atom is 0.123 e. The van der Waals surface area contributed by atoms with Gasteiger partial charge < -0.3 is 0 Å². The zero-order valence-electron chi connectivity index (χ0n) is 8.38. The topological polar surface area (TPSA) is 0 Å². The lowest BCUT2D eigenvalue weighted by Crippen LogP contribution is -1.87. The van der Waals surface area contributed by atoms with Gasteiger partial charge >= 0.3 is 0 Å². The van der Waals surface area contributed by atoms with Gasteiger partial charge in [-0.25, -0.2) is 8.78 Å². The van der Waals surface area contributed by atoms with E-state index in [0.717, 1.165) is 15.6 Å². The first-order chi connectivity index (χ1) is 7.70. The molecule has 0 amide bonds. The average Bonchev–Trinajstić information content (AvgIpc) is 2.30. The number of hydrogen-bond donors (Lipinski definition) is 0. The zero-order valence-corrected chi connectivity index (χ0v) is 9.97. The van der Waals surface area contributed by atoms with Gasteiger partial charge in [0.25, 0.3) is 0 Å². The first-order valence-electron chi connectivity index (χ1n) is 4.81. The molecule has 0 aromatic heterocycles. The van der Waals surface area contributed by atoms with E-state index < -0.39 is 6.67 Å². The third-order valence-electron chi connectivity index (χ3n) is 2.37. The van der Waals surface area contributed by atoms with Gasteiger partial charge in [-0.15, -0.1) is 0 Å². The van der Waals surface area contributed by atoms with Crippen molar-refractivity contribution in [1.82, 2.24) is 0 Å². The Morgan fingerprint density at radius 1 is 1.00 bits per heavy atom. The second-order valence-corrected chi connectivity index (χ2v) is 4.36. The highest BCUT2D eigenvalue weighted by molar-refractivity contribution is 9.10. The molecule has 0 heterocycles. The molecule has 0 bridgehead atoms. The maximum atomic E-state index is 12.8. The molecular formula is C13H9BrF2. The van der Waals surface area contributed by atoms with Gasteiger partial charge in [-0.3, -0.25) is 0 Å². The van der Waals surface area contributed by atoms with Crippen LogP contribution in [0.25, 0.3) is 11.1 Å². The molecule has 0 atom stereocenters. The molecule has 0 saturated heterocycles. The van der Waals surface area contributed by atoms with Gasteiger partial charge in [-0.2, -0.15) is 0 Å². The van der Waals surface area contributed by atoms with Crippen LogP contribution in [-0.2, 0) is 6.67 Å². The molecule has 0 aliphatic carbocycles. The molecule has 16 heavy (non-hydrogen) atoms. The van der Waals surface area contributed by atoms with Crippen molar-refractivity contribution in [2.24, 2.45) is 0 Å². The molecule has 2 rings (SSSR count). The standard InChI is InChI=1S/C13H9BrF2/c14-11-3-6-13(10(7-11)8-15)9-1-4-12(16)5-2-9/h1-7H,8H2. The van der Waals surface area contributed by atoms with E-state index in [-0.39, 0.29) is 5.82 Å². The second kappa shape index (κ2) is 4.74. The van der Waals surface area contributed by atoms with Crippen molar-refractivity contribution in [1.29, 1.82) is 0 Å². The van der Waals surface area contributed by atoms with Crippen molar-refractivity contribution < 1.29 is 8.78 Å². The van der Waals surface area contributed by atoms with Gasteiger partial charge in [0.2, 0.25) is 0 Å². The summed E-state index contributed by atoms with van der Waals surface area (Å²) in [6, 6.07) is 11.5.